The Balaban J connectivity index is 1.85. The molecule has 0 aliphatic carbocycles. The fourth-order valence-electron chi connectivity index (χ4n) is 2.55. The van der Waals surface area contributed by atoms with Gasteiger partial charge >= 0.3 is 0 Å². The van der Waals surface area contributed by atoms with Crippen molar-refractivity contribution >= 4 is 17.4 Å². The lowest BCUT2D eigenvalue weighted by Gasteiger charge is -2.08. The van der Waals surface area contributed by atoms with Gasteiger partial charge in [0.15, 0.2) is 5.78 Å². The van der Waals surface area contributed by atoms with Crippen molar-refractivity contribution in [2.45, 2.75) is 13.8 Å². The largest absolute Gasteiger partial charge is 0.346 e. The average molecular weight is 334 g/mol. The van der Waals surface area contributed by atoms with E-state index in [2.05, 4.69) is 15.3 Å². The number of nitrogens with zero attached hydrogens (tertiary/aromatic N) is 3. The quantitative estimate of drug-likeness (QED) is 0.743. The number of aryl methyl sites for hydroxylation is 2. The molecule has 3 rings (SSSR count). The molecule has 3 aromatic rings. The number of rotatable bonds is 4. The van der Waals surface area contributed by atoms with Gasteiger partial charge in [-0.15, -0.1) is 0 Å². The maximum absolute atomic E-state index is 12.5. The molecule has 0 atom stereocenters. The molecule has 6 nitrogen and oxygen atoms in total. The van der Waals surface area contributed by atoms with Gasteiger partial charge in [-0.2, -0.15) is 0 Å². The number of anilines is 1. The van der Waals surface area contributed by atoms with Gasteiger partial charge in [0.05, 0.1) is 5.69 Å². The number of hydrogen-bond donors (Lipinski definition) is 1. The van der Waals surface area contributed by atoms with Gasteiger partial charge < -0.3 is 9.88 Å². The molecule has 0 saturated heterocycles. The molecule has 1 N–H and O–H groups in total. The molecule has 0 saturated carbocycles. The molecule has 0 fully saturated rings. The summed E-state index contributed by atoms with van der Waals surface area (Å²) in [6.07, 6.45) is 3.35. The highest BCUT2D eigenvalue weighted by Crippen LogP contribution is 2.21. The summed E-state index contributed by atoms with van der Waals surface area (Å²) in [7, 11) is 1.74. The minimum atomic E-state index is -0.272. The second-order valence-corrected chi connectivity index (χ2v) is 5.81. The molecule has 2 heterocycles. The first-order valence-corrected chi connectivity index (χ1v) is 7.83. The van der Waals surface area contributed by atoms with Crippen molar-refractivity contribution in [2.24, 2.45) is 7.05 Å². The lowest BCUT2D eigenvalue weighted by atomic mass is 10.1. The van der Waals surface area contributed by atoms with Gasteiger partial charge in [0, 0.05) is 36.3 Å². The van der Waals surface area contributed by atoms with Crippen LogP contribution in [0.5, 0.6) is 0 Å². The van der Waals surface area contributed by atoms with Crippen molar-refractivity contribution in [1.82, 2.24) is 14.5 Å². The van der Waals surface area contributed by atoms with Crippen molar-refractivity contribution < 1.29 is 9.59 Å². The van der Waals surface area contributed by atoms with Crippen molar-refractivity contribution in [3.8, 4) is 11.3 Å². The molecule has 0 aliphatic heterocycles. The summed E-state index contributed by atoms with van der Waals surface area (Å²) in [6.45, 7) is 3.31. The standard InChI is InChI=1S/C19H18N4O2/c1-12(24)15-10-18(23(3)11-15)19(25)22-16-6-4-5-14(9-16)17-7-8-20-13(2)21-17/h4-11H,1-3H3,(H,22,25). The zero-order chi connectivity index (χ0) is 18.0. The molecule has 0 bridgehead atoms. The third-order valence-corrected chi connectivity index (χ3v) is 3.84. The van der Waals surface area contributed by atoms with Gasteiger partial charge in [-0.1, -0.05) is 12.1 Å². The number of carbonyl (C=O) groups is 2. The van der Waals surface area contributed by atoms with E-state index in [9.17, 15) is 9.59 Å². The Morgan fingerprint density at radius 1 is 1.16 bits per heavy atom. The summed E-state index contributed by atoms with van der Waals surface area (Å²) in [5, 5.41) is 2.86. The van der Waals surface area contributed by atoms with Crippen LogP contribution in [-0.4, -0.2) is 26.2 Å². The first kappa shape index (κ1) is 16.6. The Kier molecular flexibility index (Phi) is 4.43. The number of benzene rings is 1. The Bertz CT molecular complexity index is 960. The smallest absolute Gasteiger partial charge is 0.272 e. The van der Waals surface area contributed by atoms with Gasteiger partial charge in [-0.05, 0) is 38.1 Å². The molecule has 1 amide bonds. The molecule has 0 aliphatic rings. The zero-order valence-corrected chi connectivity index (χ0v) is 14.3. The van der Waals surface area contributed by atoms with Crippen LogP contribution >= 0.6 is 0 Å². The molecule has 0 radical (unpaired) electrons. The molecule has 25 heavy (non-hydrogen) atoms. The minimum absolute atomic E-state index is 0.0734. The van der Waals surface area contributed by atoms with E-state index >= 15 is 0 Å². The molecule has 1 aromatic carbocycles. The molecule has 0 spiro atoms. The van der Waals surface area contributed by atoms with E-state index in [1.54, 1.807) is 30.1 Å². The van der Waals surface area contributed by atoms with Gasteiger partial charge in [0.25, 0.3) is 5.91 Å². The molecular weight excluding hydrogens is 316 g/mol. The summed E-state index contributed by atoms with van der Waals surface area (Å²) in [4.78, 5) is 32.5. The van der Waals surface area contributed by atoms with E-state index in [0.717, 1.165) is 11.3 Å². The van der Waals surface area contributed by atoms with Crippen molar-refractivity contribution in [1.29, 1.82) is 0 Å². The van der Waals surface area contributed by atoms with Gasteiger partial charge in [0.2, 0.25) is 0 Å². The van der Waals surface area contributed by atoms with E-state index < -0.39 is 0 Å². The molecule has 2 aromatic heterocycles. The number of amides is 1. The van der Waals surface area contributed by atoms with Crippen LogP contribution in [0.25, 0.3) is 11.3 Å². The first-order valence-electron chi connectivity index (χ1n) is 7.83. The van der Waals surface area contributed by atoms with Gasteiger partial charge in [0.1, 0.15) is 11.5 Å². The molecule has 6 heteroatoms. The predicted octanol–water partition coefficient (Wildman–Crippen LogP) is 3.25. The van der Waals surface area contributed by atoms with E-state index in [0.29, 0.717) is 22.8 Å². The van der Waals surface area contributed by atoms with Crippen LogP contribution in [-0.2, 0) is 7.05 Å². The molecule has 0 unspecified atom stereocenters. The number of nitrogens with one attached hydrogen (secondary N) is 1. The second kappa shape index (κ2) is 6.68. The summed E-state index contributed by atoms with van der Waals surface area (Å²) in [5.74, 6) is 0.342. The van der Waals surface area contributed by atoms with Crippen LogP contribution in [0.2, 0.25) is 0 Å². The van der Waals surface area contributed by atoms with Crippen molar-refractivity contribution in [3.05, 3.63) is 65.9 Å². The number of hydrogen-bond acceptors (Lipinski definition) is 4. The third kappa shape index (κ3) is 3.63. The SMILES string of the molecule is CC(=O)c1cc(C(=O)Nc2cccc(-c3ccnc(C)n3)c2)n(C)c1. The minimum Gasteiger partial charge on any atom is -0.346 e. The summed E-state index contributed by atoms with van der Waals surface area (Å²) < 4.78 is 1.64. The maximum Gasteiger partial charge on any atom is 0.272 e. The topological polar surface area (TPSA) is 76.9 Å². The average Bonchev–Trinajstić information content (AvgIpc) is 2.97. The maximum atomic E-state index is 12.5. The number of Topliss-reactive ketones (excluding diaryl/α,β-unsaturated/α-hetero) is 1. The van der Waals surface area contributed by atoms with E-state index in [-0.39, 0.29) is 11.7 Å². The fourth-order valence-corrected chi connectivity index (χ4v) is 2.55. The van der Waals surface area contributed by atoms with Crippen LogP contribution in [0.15, 0.2) is 48.8 Å². The lowest BCUT2D eigenvalue weighted by Crippen LogP contribution is -2.15. The van der Waals surface area contributed by atoms with Gasteiger partial charge in [-0.25, -0.2) is 9.97 Å². The van der Waals surface area contributed by atoms with Crippen molar-refractivity contribution in [3.63, 3.8) is 0 Å². The number of aromatic nitrogens is 3. The van der Waals surface area contributed by atoms with Crippen LogP contribution in [0.1, 0.15) is 33.6 Å². The highest BCUT2D eigenvalue weighted by molar-refractivity contribution is 6.05. The highest BCUT2D eigenvalue weighted by Gasteiger charge is 2.14. The van der Waals surface area contributed by atoms with E-state index in [1.165, 1.54) is 6.92 Å². The monoisotopic (exact) mass is 334 g/mol. The van der Waals surface area contributed by atoms with E-state index in [4.69, 9.17) is 0 Å². The number of carbonyl (C=O) groups excluding carboxylic acids is 2. The fraction of sp³-hybridized carbons (Fsp3) is 0.158. The normalized spacial score (nSPS) is 10.5. The van der Waals surface area contributed by atoms with Crippen LogP contribution in [0.3, 0.4) is 0 Å². The highest BCUT2D eigenvalue weighted by atomic mass is 16.2. The Morgan fingerprint density at radius 2 is 1.96 bits per heavy atom. The third-order valence-electron chi connectivity index (χ3n) is 3.84. The van der Waals surface area contributed by atoms with Gasteiger partial charge in [-0.3, -0.25) is 9.59 Å². The van der Waals surface area contributed by atoms with Crippen LogP contribution in [0, 0.1) is 6.92 Å². The number of ketones is 1. The van der Waals surface area contributed by atoms with Crippen molar-refractivity contribution in [2.75, 3.05) is 5.32 Å². The van der Waals surface area contributed by atoms with Crippen LogP contribution in [0.4, 0.5) is 5.69 Å². The summed E-state index contributed by atoms with van der Waals surface area (Å²) in [6, 6.07) is 10.9. The molecule has 126 valence electrons. The first-order chi connectivity index (χ1) is 11.9. The zero-order valence-electron chi connectivity index (χ0n) is 14.3. The Labute approximate surface area is 145 Å². The molecular formula is C19H18N4O2. The van der Waals surface area contributed by atoms with Crippen LogP contribution < -0.4 is 5.32 Å². The predicted molar refractivity (Wildman–Crippen MR) is 95.6 cm³/mol. The van der Waals surface area contributed by atoms with E-state index in [1.807, 2.05) is 37.3 Å². The lowest BCUT2D eigenvalue weighted by molar-refractivity contribution is 0.101. The summed E-state index contributed by atoms with van der Waals surface area (Å²) >= 11 is 0. The summed E-state index contributed by atoms with van der Waals surface area (Å²) in [5.41, 5.74) is 3.27. The second-order valence-electron chi connectivity index (χ2n) is 5.81. The Hall–Kier alpha value is -3.28. The Morgan fingerprint density at radius 3 is 2.64 bits per heavy atom.